The van der Waals surface area contributed by atoms with E-state index in [4.69, 9.17) is 5.84 Å². The van der Waals surface area contributed by atoms with Gasteiger partial charge < -0.3 is 5.43 Å². The van der Waals surface area contributed by atoms with Crippen molar-refractivity contribution < 1.29 is 0 Å². The van der Waals surface area contributed by atoms with Gasteiger partial charge in [-0.05, 0) is 59.5 Å². The van der Waals surface area contributed by atoms with Crippen LogP contribution in [0.15, 0.2) is 16.6 Å². The predicted octanol–water partition coefficient (Wildman–Crippen LogP) is 3.46. The van der Waals surface area contributed by atoms with Crippen LogP contribution in [0.1, 0.15) is 23.7 Å². The molecule has 0 radical (unpaired) electrons. The summed E-state index contributed by atoms with van der Waals surface area (Å²) in [5.74, 6) is 5.67. The van der Waals surface area contributed by atoms with Gasteiger partial charge in [-0.15, -0.1) is 0 Å². The molecule has 3 nitrogen and oxygen atoms in total. The number of anilines is 1. The first kappa shape index (κ1) is 12.3. The fourth-order valence-electron chi connectivity index (χ4n) is 2.21. The molecule has 90 valence electrons. The molecule has 17 heavy (non-hydrogen) atoms. The fraction of sp³-hybridized carbons (Fsp3) is 0.308. The largest absolute Gasteiger partial charge is 0.323 e. The Morgan fingerprint density at radius 1 is 1.35 bits per heavy atom. The summed E-state index contributed by atoms with van der Waals surface area (Å²) in [5.41, 5.74) is 8.16. The van der Waals surface area contributed by atoms with Gasteiger partial charge >= 0.3 is 0 Å². The van der Waals surface area contributed by atoms with E-state index in [1.54, 1.807) is 0 Å². The average Bonchev–Trinajstić information content (AvgIpc) is 2.28. The van der Waals surface area contributed by atoms with Crippen molar-refractivity contribution in [1.82, 2.24) is 4.98 Å². The van der Waals surface area contributed by atoms with Crippen molar-refractivity contribution in [2.24, 2.45) is 5.84 Å². The van der Waals surface area contributed by atoms with E-state index in [0.717, 1.165) is 33.2 Å². The molecule has 0 saturated heterocycles. The monoisotopic (exact) mass is 293 g/mol. The van der Waals surface area contributed by atoms with Crippen LogP contribution in [0.2, 0.25) is 0 Å². The van der Waals surface area contributed by atoms with Gasteiger partial charge in [-0.2, -0.15) is 0 Å². The number of benzene rings is 1. The molecule has 1 aromatic carbocycles. The highest BCUT2D eigenvalue weighted by Gasteiger charge is 2.12. The van der Waals surface area contributed by atoms with Crippen LogP contribution < -0.4 is 11.3 Å². The van der Waals surface area contributed by atoms with Crippen molar-refractivity contribution in [3.05, 3.63) is 33.4 Å². The van der Waals surface area contributed by atoms with Crippen LogP contribution in [0.3, 0.4) is 0 Å². The molecule has 0 aliphatic heterocycles. The normalized spacial score (nSPS) is 10.9. The number of nitrogen functional groups attached to an aromatic ring is 1. The van der Waals surface area contributed by atoms with Crippen molar-refractivity contribution in [3.8, 4) is 0 Å². The van der Waals surface area contributed by atoms with Crippen LogP contribution >= 0.6 is 15.9 Å². The van der Waals surface area contributed by atoms with Crippen molar-refractivity contribution in [1.29, 1.82) is 0 Å². The summed E-state index contributed by atoms with van der Waals surface area (Å²) in [6, 6.07) is 4.18. The number of aromatic nitrogens is 1. The van der Waals surface area contributed by atoms with Gasteiger partial charge in [0.05, 0.1) is 11.2 Å². The van der Waals surface area contributed by atoms with E-state index >= 15 is 0 Å². The number of pyridine rings is 1. The lowest BCUT2D eigenvalue weighted by Crippen LogP contribution is -2.11. The second-order valence-corrected chi connectivity index (χ2v) is 5.05. The number of fused-ring (bicyclic) bond motifs is 1. The minimum atomic E-state index is 0.917. The highest BCUT2D eigenvalue weighted by Crippen LogP contribution is 2.33. The molecule has 0 atom stereocenters. The minimum Gasteiger partial charge on any atom is -0.323 e. The molecular formula is C13H16BrN3. The second-order valence-electron chi connectivity index (χ2n) is 4.19. The van der Waals surface area contributed by atoms with Crippen LogP contribution in [0.5, 0.6) is 0 Å². The van der Waals surface area contributed by atoms with Crippen LogP contribution in [0, 0.1) is 13.8 Å². The fourth-order valence-corrected chi connectivity index (χ4v) is 2.88. The zero-order valence-electron chi connectivity index (χ0n) is 10.3. The lowest BCUT2D eigenvalue weighted by molar-refractivity contribution is 1.06. The Labute approximate surface area is 110 Å². The molecule has 0 saturated carbocycles. The Balaban J connectivity index is 2.93. The Morgan fingerprint density at radius 3 is 2.65 bits per heavy atom. The first-order valence-corrected chi connectivity index (χ1v) is 6.43. The van der Waals surface area contributed by atoms with Crippen molar-refractivity contribution in [2.75, 3.05) is 5.43 Å². The van der Waals surface area contributed by atoms with Gasteiger partial charge in [0.15, 0.2) is 0 Å². The molecule has 1 heterocycles. The predicted molar refractivity (Wildman–Crippen MR) is 76.1 cm³/mol. The van der Waals surface area contributed by atoms with E-state index < -0.39 is 0 Å². The summed E-state index contributed by atoms with van der Waals surface area (Å²) in [6.45, 7) is 6.20. The molecule has 1 aromatic heterocycles. The van der Waals surface area contributed by atoms with Gasteiger partial charge in [0, 0.05) is 15.6 Å². The van der Waals surface area contributed by atoms with Gasteiger partial charge in [-0.1, -0.05) is 6.92 Å². The maximum atomic E-state index is 5.67. The molecule has 0 aliphatic rings. The molecule has 2 aromatic rings. The number of nitrogens with two attached hydrogens (primary N) is 1. The summed E-state index contributed by atoms with van der Waals surface area (Å²) >= 11 is 3.56. The first-order valence-electron chi connectivity index (χ1n) is 5.64. The van der Waals surface area contributed by atoms with Crippen molar-refractivity contribution in [2.45, 2.75) is 27.2 Å². The maximum Gasteiger partial charge on any atom is 0.0868 e. The molecule has 4 heteroatoms. The molecule has 0 aliphatic carbocycles. The molecule has 3 N–H and O–H groups in total. The highest BCUT2D eigenvalue weighted by molar-refractivity contribution is 9.10. The van der Waals surface area contributed by atoms with E-state index in [0.29, 0.717) is 0 Å². The number of hydrogen-bond acceptors (Lipinski definition) is 3. The molecule has 0 bridgehead atoms. The van der Waals surface area contributed by atoms with Crippen LogP contribution in [0.4, 0.5) is 5.69 Å². The molecule has 0 spiro atoms. The van der Waals surface area contributed by atoms with Gasteiger partial charge in [-0.25, -0.2) is 0 Å². The van der Waals surface area contributed by atoms with E-state index in [-0.39, 0.29) is 0 Å². The van der Waals surface area contributed by atoms with Crippen LogP contribution in [-0.4, -0.2) is 4.98 Å². The van der Waals surface area contributed by atoms with E-state index in [1.165, 1.54) is 11.1 Å². The molecular weight excluding hydrogens is 278 g/mol. The lowest BCUT2D eigenvalue weighted by Gasteiger charge is -2.15. The number of nitrogens with one attached hydrogen (secondary N) is 1. The molecule has 0 fully saturated rings. The maximum absolute atomic E-state index is 5.67. The zero-order valence-corrected chi connectivity index (χ0v) is 11.9. The Morgan fingerprint density at radius 2 is 2.06 bits per heavy atom. The SMILES string of the molecule is CCc1c(C)nc2c(Br)cc(C)cc2c1NN. The lowest BCUT2D eigenvalue weighted by atomic mass is 10.0. The minimum absolute atomic E-state index is 0.917. The third-order valence-electron chi connectivity index (χ3n) is 2.99. The Hall–Kier alpha value is -1.13. The third-order valence-corrected chi connectivity index (χ3v) is 3.60. The number of hydrazine groups is 1. The highest BCUT2D eigenvalue weighted by atomic mass is 79.9. The smallest absolute Gasteiger partial charge is 0.0868 e. The number of rotatable bonds is 2. The summed E-state index contributed by atoms with van der Waals surface area (Å²) in [5, 5.41) is 1.07. The van der Waals surface area contributed by atoms with E-state index in [1.807, 2.05) is 6.92 Å². The zero-order chi connectivity index (χ0) is 12.6. The third kappa shape index (κ3) is 2.03. The van der Waals surface area contributed by atoms with E-state index in [2.05, 4.69) is 52.3 Å². The average molecular weight is 294 g/mol. The number of halogens is 1. The standard InChI is InChI=1S/C13H16BrN3/c1-4-9-8(3)16-13-10(12(9)17-15)5-7(2)6-11(13)14/h5-6H,4,15H2,1-3H3,(H,16,17). The van der Waals surface area contributed by atoms with Crippen molar-refractivity contribution in [3.63, 3.8) is 0 Å². The number of aryl methyl sites for hydroxylation is 2. The summed E-state index contributed by atoms with van der Waals surface area (Å²) in [4.78, 5) is 4.65. The summed E-state index contributed by atoms with van der Waals surface area (Å²) in [7, 11) is 0. The van der Waals surface area contributed by atoms with E-state index in [9.17, 15) is 0 Å². The van der Waals surface area contributed by atoms with Gasteiger partial charge in [0.25, 0.3) is 0 Å². The van der Waals surface area contributed by atoms with Gasteiger partial charge in [0.2, 0.25) is 0 Å². The quantitative estimate of drug-likeness (QED) is 0.658. The summed E-state index contributed by atoms with van der Waals surface area (Å²) in [6.07, 6.45) is 0.917. The van der Waals surface area contributed by atoms with Gasteiger partial charge in [-0.3, -0.25) is 10.8 Å². The molecule has 0 amide bonds. The van der Waals surface area contributed by atoms with Crippen LogP contribution in [-0.2, 0) is 6.42 Å². The first-order chi connectivity index (χ1) is 8.08. The van der Waals surface area contributed by atoms with Gasteiger partial charge in [0.1, 0.15) is 0 Å². The molecule has 0 unspecified atom stereocenters. The Kier molecular flexibility index (Phi) is 3.35. The second kappa shape index (κ2) is 4.63. The summed E-state index contributed by atoms with van der Waals surface area (Å²) < 4.78 is 1.01. The van der Waals surface area contributed by atoms with Crippen molar-refractivity contribution >= 4 is 32.5 Å². The molecule has 2 rings (SSSR count). The Bertz CT molecular complexity index is 579. The number of hydrogen-bond donors (Lipinski definition) is 2. The topological polar surface area (TPSA) is 50.9 Å². The van der Waals surface area contributed by atoms with Crippen LogP contribution in [0.25, 0.3) is 10.9 Å². The number of nitrogens with zero attached hydrogens (tertiary/aromatic N) is 1.